The number of primary amides is 1. The molecule has 0 aromatic heterocycles. The summed E-state index contributed by atoms with van der Waals surface area (Å²) in [6, 6.07) is 11.9. The number of benzene rings is 2. The van der Waals surface area contributed by atoms with E-state index in [0.717, 1.165) is 29.0 Å². The summed E-state index contributed by atoms with van der Waals surface area (Å²) < 4.78 is 23.7. The van der Waals surface area contributed by atoms with E-state index < -0.39 is 11.8 Å². The van der Waals surface area contributed by atoms with Crippen LogP contribution in [0.5, 0.6) is 11.5 Å². The van der Waals surface area contributed by atoms with Crippen LogP contribution in [0.4, 0.5) is 4.39 Å². The maximum Gasteiger partial charge on any atom is 0.231 e. The van der Waals surface area contributed by atoms with Gasteiger partial charge in [0.2, 0.25) is 12.7 Å². The van der Waals surface area contributed by atoms with Gasteiger partial charge in [0.05, 0.1) is 5.92 Å². The van der Waals surface area contributed by atoms with Crippen molar-refractivity contribution in [1.29, 1.82) is 0 Å². The number of nitrogens with one attached hydrogen (secondary N) is 2. The molecule has 1 aliphatic heterocycles. The van der Waals surface area contributed by atoms with Gasteiger partial charge < -0.3 is 25.8 Å². The number of hydrogen-bond donors (Lipinski definition) is 3. The fraction of sp³-hybridized carbons (Fsp3) is 0.333. The van der Waals surface area contributed by atoms with E-state index in [4.69, 9.17) is 15.2 Å². The summed E-state index contributed by atoms with van der Waals surface area (Å²) in [7, 11) is 1.66. The normalized spacial score (nSPS) is 13.3. The van der Waals surface area contributed by atoms with Gasteiger partial charge in [-0.25, -0.2) is 4.39 Å². The molecule has 0 bridgehead atoms. The highest BCUT2D eigenvalue weighted by molar-refractivity contribution is 14.0. The molecule has 1 atom stereocenters. The number of carbonyl (C=O) groups is 1. The molecule has 30 heavy (non-hydrogen) atoms. The Labute approximate surface area is 192 Å². The van der Waals surface area contributed by atoms with Gasteiger partial charge in [-0.2, -0.15) is 0 Å². The summed E-state index contributed by atoms with van der Waals surface area (Å²) >= 11 is 0. The number of nitrogens with zero attached hydrogens (tertiary/aromatic N) is 1. The van der Waals surface area contributed by atoms with E-state index in [-0.39, 0.29) is 36.6 Å². The third kappa shape index (κ3) is 6.75. The van der Waals surface area contributed by atoms with E-state index in [2.05, 4.69) is 15.6 Å². The zero-order valence-electron chi connectivity index (χ0n) is 16.7. The van der Waals surface area contributed by atoms with Crippen molar-refractivity contribution < 1.29 is 18.7 Å². The molecule has 162 valence electrons. The van der Waals surface area contributed by atoms with Crippen LogP contribution in [0.3, 0.4) is 0 Å². The third-order valence-electron chi connectivity index (χ3n) is 4.68. The van der Waals surface area contributed by atoms with Crippen molar-refractivity contribution >= 4 is 35.8 Å². The van der Waals surface area contributed by atoms with Gasteiger partial charge in [-0.3, -0.25) is 9.79 Å². The summed E-state index contributed by atoms with van der Waals surface area (Å²) in [6.45, 7) is 1.24. The Morgan fingerprint density at radius 1 is 1.13 bits per heavy atom. The lowest BCUT2D eigenvalue weighted by Crippen LogP contribution is -2.43. The number of halogens is 2. The van der Waals surface area contributed by atoms with Crippen LogP contribution in [0, 0.1) is 11.7 Å². The average molecular weight is 528 g/mol. The molecule has 3 rings (SSSR count). The molecule has 0 saturated carbocycles. The summed E-state index contributed by atoms with van der Waals surface area (Å²) in [5.74, 6) is 0.934. The minimum Gasteiger partial charge on any atom is -0.454 e. The molecular formula is C21H26FIN4O3. The van der Waals surface area contributed by atoms with Crippen LogP contribution in [0.15, 0.2) is 47.5 Å². The van der Waals surface area contributed by atoms with E-state index in [1.807, 2.05) is 18.2 Å². The van der Waals surface area contributed by atoms with Crippen LogP contribution < -0.4 is 25.8 Å². The quantitative estimate of drug-likeness (QED) is 0.278. The van der Waals surface area contributed by atoms with E-state index in [1.54, 1.807) is 19.2 Å². The second kappa shape index (κ2) is 11.6. The third-order valence-corrected chi connectivity index (χ3v) is 4.68. The first-order valence-corrected chi connectivity index (χ1v) is 9.42. The second-order valence-corrected chi connectivity index (χ2v) is 6.75. The minimum absolute atomic E-state index is 0. The summed E-state index contributed by atoms with van der Waals surface area (Å²) in [5.41, 5.74) is 7.49. The number of ether oxygens (including phenoxy) is 2. The van der Waals surface area contributed by atoms with Gasteiger partial charge in [-0.15, -0.1) is 24.0 Å². The van der Waals surface area contributed by atoms with Crippen molar-refractivity contribution in [2.24, 2.45) is 16.6 Å². The number of rotatable bonds is 8. The minimum atomic E-state index is -0.437. The highest BCUT2D eigenvalue weighted by Gasteiger charge is 2.17. The molecule has 4 N–H and O–H groups in total. The van der Waals surface area contributed by atoms with Gasteiger partial charge in [-0.1, -0.05) is 18.2 Å². The van der Waals surface area contributed by atoms with Gasteiger partial charge in [0.25, 0.3) is 0 Å². The molecule has 0 aliphatic carbocycles. The zero-order chi connectivity index (χ0) is 20.6. The maximum atomic E-state index is 13.0. The lowest BCUT2D eigenvalue weighted by atomic mass is 9.98. The van der Waals surface area contributed by atoms with Gasteiger partial charge >= 0.3 is 0 Å². The lowest BCUT2D eigenvalue weighted by Gasteiger charge is -2.17. The first-order chi connectivity index (χ1) is 14.0. The molecule has 2 aromatic rings. The molecule has 0 radical (unpaired) electrons. The fourth-order valence-electron chi connectivity index (χ4n) is 3.04. The average Bonchev–Trinajstić information content (AvgIpc) is 3.18. The summed E-state index contributed by atoms with van der Waals surface area (Å²) in [5, 5.41) is 6.35. The standard InChI is InChI=1S/C21H25FN4O3.HI/c1-24-21(25-9-8-15-4-7-18-19(11-15)29-13-28-18)26-12-16(20(23)27)10-14-2-5-17(22)6-3-14;/h2-7,11,16H,8-10,12-13H2,1H3,(H2,23,27)(H2,24,25,26);1H. The molecular weight excluding hydrogens is 502 g/mol. The second-order valence-electron chi connectivity index (χ2n) is 6.75. The first-order valence-electron chi connectivity index (χ1n) is 9.42. The van der Waals surface area contributed by atoms with E-state index in [9.17, 15) is 9.18 Å². The number of carbonyl (C=O) groups excluding carboxylic acids is 1. The van der Waals surface area contributed by atoms with Crippen molar-refractivity contribution in [3.05, 3.63) is 59.4 Å². The highest BCUT2D eigenvalue weighted by atomic mass is 127. The van der Waals surface area contributed by atoms with Crippen molar-refractivity contribution in [3.8, 4) is 11.5 Å². The SMILES string of the molecule is CN=C(NCCc1ccc2c(c1)OCO2)NCC(Cc1ccc(F)cc1)C(N)=O.I. The largest absolute Gasteiger partial charge is 0.454 e. The Hall–Kier alpha value is -2.56. The predicted molar refractivity (Wildman–Crippen MR) is 124 cm³/mol. The van der Waals surface area contributed by atoms with Gasteiger partial charge in [0.15, 0.2) is 17.5 Å². The molecule has 9 heteroatoms. The van der Waals surface area contributed by atoms with Crippen LogP contribution in [0.25, 0.3) is 0 Å². The monoisotopic (exact) mass is 528 g/mol. The zero-order valence-corrected chi connectivity index (χ0v) is 19.0. The molecule has 0 spiro atoms. The van der Waals surface area contributed by atoms with Crippen molar-refractivity contribution in [3.63, 3.8) is 0 Å². The molecule has 7 nitrogen and oxygen atoms in total. The number of fused-ring (bicyclic) bond motifs is 1. The smallest absolute Gasteiger partial charge is 0.231 e. The maximum absolute atomic E-state index is 13.0. The van der Waals surface area contributed by atoms with Crippen LogP contribution in [-0.4, -0.2) is 38.8 Å². The number of guanidine groups is 1. The number of aliphatic imine (C=N–C) groups is 1. The lowest BCUT2D eigenvalue weighted by molar-refractivity contribution is -0.121. The molecule has 1 unspecified atom stereocenters. The Morgan fingerprint density at radius 2 is 1.83 bits per heavy atom. The molecule has 1 aliphatic rings. The first kappa shape index (κ1) is 23.7. The highest BCUT2D eigenvalue weighted by Crippen LogP contribution is 2.32. The molecule has 2 aromatic carbocycles. The van der Waals surface area contributed by atoms with Crippen LogP contribution >= 0.6 is 24.0 Å². The Bertz CT molecular complexity index is 877. The molecule has 0 saturated heterocycles. The number of hydrogen-bond acceptors (Lipinski definition) is 4. The Morgan fingerprint density at radius 3 is 2.53 bits per heavy atom. The van der Waals surface area contributed by atoms with Crippen molar-refractivity contribution in [2.75, 3.05) is 26.9 Å². The molecule has 0 fully saturated rings. The van der Waals surface area contributed by atoms with Crippen molar-refractivity contribution in [1.82, 2.24) is 10.6 Å². The van der Waals surface area contributed by atoms with E-state index >= 15 is 0 Å². The van der Waals surface area contributed by atoms with Gasteiger partial charge in [-0.05, 0) is 48.2 Å². The van der Waals surface area contributed by atoms with Gasteiger partial charge in [0, 0.05) is 20.1 Å². The molecule has 1 heterocycles. The Balaban J connectivity index is 0.00000320. The van der Waals surface area contributed by atoms with Crippen molar-refractivity contribution in [2.45, 2.75) is 12.8 Å². The van der Waals surface area contributed by atoms with E-state index in [0.29, 0.717) is 25.5 Å². The van der Waals surface area contributed by atoms with Crippen LogP contribution in [-0.2, 0) is 17.6 Å². The summed E-state index contributed by atoms with van der Waals surface area (Å²) in [6.07, 6.45) is 1.20. The topological polar surface area (TPSA) is 98.0 Å². The predicted octanol–water partition coefficient (Wildman–Crippen LogP) is 2.22. The van der Waals surface area contributed by atoms with Gasteiger partial charge in [0.1, 0.15) is 5.82 Å². The van der Waals surface area contributed by atoms with Crippen LogP contribution in [0.2, 0.25) is 0 Å². The number of amides is 1. The fourth-order valence-corrected chi connectivity index (χ4v) is 3.04. The number of nitrogens with two attached hydrogens (primary N) is 1. The molecule has 1 amide bonds. The Kier molecular flexibility index (Phi) is 9.15. The van der Waals surface area contributed by atoms with Crippen LogP contribution in [0.1, 0.15) is 11.1 Å². The van der Waals surface area contributed by atoms with E-state index in [1.165, 1.54) is 12.1 Å². The summed E-state index contributed by atoms with van der Waals surface area (Å²) in [4.78, 5) is 16.0.